The quantitative estimate of drug-likeness (QED) is 0.937. The molecule has 16 heavy (non-hydrogen) atoms. The number of rotatable bonds is 3. The fourth-order valence-corrected chi connectivity index (χ4v) is 2.17. The van der Waals surface area contributed by atoms with Gasteiger partial charge in [0.1, 0.15) is 5.52 Å². The summed E-state index contributed by atoms with van der Waals surface area (Å²) in [6, 6.07) is 4.19. The summed E-state index contributed by atoms with van der Waals surface area (Å²) in [4.78, 5) is 4.45. The predicted molar refractivity (Wildman–Crippen MR) is 68.6 cm³/mol. The number of benzene rings is 1. The topological polar surface area (TPSA) is 38.1 Å². The average Bonchev–Trinajstić information content (AvgIpc) is 2.61. The van der Waals surface area contributed by atoms with Gasteiger partial charge in [0.05, 0.1) is 11.0 Å². The molecule has 1 aromatic carbocycles. The molecule has 0 fully saturated rings. The molecule has 0 saturated heterocycles. The molecule has 1 N–H and O–H groups in total. The van der Waals surface area contributed by atoms with Crippen molar-refractivity contribution in [1.82, 2.24) is 10.3 Å². The molecule has 0 aliphatic carbocycles. The first-order chi connectivity index (χ1) is 7.61. The lowest BCUT2D eigenvalue weighted by molar-refractivity contribution is 0.510. The zero-order chi connectivity index (χ0) is 11.7. The van der Waals surface area contributed by atoms with Crippen LogP contribution in [-0.4, -0.2) is 12.0 Å². The molecule has 2 aromatic rings. The van der Waals surface area contributed by atoms with Crippen molar-refractivity contribution in [2.45, 2.75) is 26.3 Å². The van der Waals surface area contributed by atoms with Crippen molar-refractivity contribution in [3.63, 3.8) is 0 Å². The first-order valence-corrected chi connectivity index (χ1v) is 6.14. The van der Waals surface area contributed by atoms with Gasteiger partial charge in [-0.1, -0.05) is 13.8 Å². The number of hydrogen-bond acceptors (Lipinski definition) is 3. The minimum atomic E-state index is 0.491. The number of halogens is 1. The Bertz CT molecular complexity index is 505. The van der Waals surface area contributed by atoms with E-state index in [1.807, 2.05) is 7.05 Å². The fraction of sp³-hybridized carbons (Fsp3) is 0.417. The number of nitrogens with one attached hydrogen (secondary N) is 1. The highest BCUT2D eigenvalue weighted by molar-refractivity contribution is 9.10. The third-order valence-corrected chi connectivity index (χ3v) is 3.10. The van der Waals surface area contributed by atoms with Gasteiger partial charge in [-0.3, -0.25) is 0 Å². The lowest BCUT2D eigenvalue weighted by Crippen LogP contribution is -2.04. The van der Waals surface area contributed by atoms with Crippen LogP contribution in [0.4, 0.5) is 0 Å². The molecular formula is C12H15BrN2O. The van der Waals surface area contributed by atoms with Gasteiger partial charge in [0.25, 0.3) is 0 Å². The lowest BCUT2D eigenvalue weighted by atomic mass is 10.0. The van der Waals surface area contributed by atoms with Crippen molar-refractivity contribution in [3.05, 3.63) is 28.1 Å². The van der Waals surface area contributed by atoms with Gasteiger partial charge in [-0.2, -0.15) is 0 Å². The normalized spacial score (nSPS) is 11.6. The van der Waals surface area contributed by atoms with E-state index in [2.05, 4.69) is 52.2 Å². The van der Waals surface area contributed by atoms with Crippen LogP contribution in [0.1, 0.15) is 31.2 Å². The van der Waals surface area contributed by atoms with Gasteiger partial charge in [0, 0.05) is 0 Å². The summed E-state index contributed by atoms with van der Waals surface area (Å²) in [6.45, 7) is 4.99. The number of fused-ring (bicyclic) bond motifs is 1. The minimum Gasteiger partial charge on any atom is -0.438 e. The Labute approximate surface area is 103 Å². The average molecular weight is 283 g/mol. The highest BCUT2D eigenvalue weighted by Crippen LogP contribution is 2.29. The molecule has 0 aliphatic rings. The van der Waals surface area contributed by atoms with E-state index in [0.717, 1.165) is 21.5 Å². The van der Waals surface area contributed by atoms with Crippen molar-refractivity contribution in [1.29, 1.82) is 0 Å². The van der Waals surface area contributed by atoms with Crippen molar-refractivity contribution < 1.29 is 4.42 Å². The van der Waals surface area contributed by atoms with Crippen LogP contribution in [0.15, 0.2) is 21.0 Å². The zero-order valence-electron chi connectivity index (χ0n) is 9.67. The van der Waals surface area contributed by atoms with Crippen LogP contribution in [0.2, 0.25) is 0 Å². The first kappa shape index (κ1) is 11.6. The highest BCUT2D eigenvalue weighted by Gasteiger charge is 2.11. The third kappa shape index (κ3) is 2.13. The molecule has 0 saturated carbocycles. The van der Waals surface area contributed by atoms with Gasteiger partial charge in [-0.25, -0.2) is 4.98 Å². The van der Waals surface area contributed by atoms with Gasteiger partial charge in [-0.05, 0) is 46.6 Å². The summed E-state index contributed by atoms with van der Waals surface area (Å²) in [5.74, 6) is 1.21. The largest absolute Gasteiger partial charge is 0.438 e. The van der Waals surface area contributed by atoms with Gasteiger partial charge in [-0.15, -0.1) is 0 Å². The van der Waals surface area contributed by atoms with Gasteiger partial charge in [0.15, 0.2) is 5.58 Å². The van der Waals surface area contributed by atoms with Crippen LogP contribution >= 0.6 is 15.9 Å². The highest BCUT2D eigenvalue weighted by atomic mass is 79.9. The van der Waals surface area contributed by atoms with Crippen LogP contribution in [0, 0.1) is 0 Å². The number of aromatic nitrogens is 1. The molecule has 0 aliphatic heterocycles. The fourth-order valence-electron chi connectivity index (χ4n) is 1.62. The Morgan fingerprint density at radius 3 is 2.81 bits per heavy atom. The van der Waals surface area contributed by atoms with Crippen molar-refractivity contribution in [2.75, 3.05) is 7.05 Å². The molecule has 1 aromatic heterocycles. The molecule has 0 spiro atoms. The van der Waals surface area contributed by atoms with Crippen molar-refractivity contribution >= 4 is 27.0 Å². The molecule has 3 nitrogen and oxygen atoms in total. The molecule has 1 heterocycles. The summed E-state index contributed by atoms with van der Waals surface area (Å²) in [5.41, 5.74) is 3.02. The Kier molecular flexibility index (Phi) is 3.30. The van der Waals surface area contributed by atoms with E-state index in [1.54, 1.807) is 0 Å². The minimum absolute atomic E-state index is 0.491. The Morgan fingerprint density at radius 1 is 1.44 bits per heavy atom. The maximum absolute atomic E-state index is 5.65. The number of hydrogen-bond donors (Lipinski definition) is 1. The van der Waals surface area contributed by atoms with Crippen LogP contribution < -0.4 is 5.32 Å². The second kappa shape index (κ2) is 4.55. The first-order valence-electron chi connectivity index (χ1n) is 5.35. The van der Waals surface area contributed by atoms with E-state index < -0.39 is 0 Å². The summed E-state index contributed by atoms with van der Waals surface area (Å²) < 4.78 is 6.63. The molecule has 0 unspecified atom stereocenters. The lowest BCUT2D eigenvalue weighted by Gasteiger charge is -2.04. The van der Waals surface area contributed by atoms with Crippen molar-refractivity contribution in [2.24, 2.45) is 0 Å². The molecule has 0 amide bonds. The summed E-state index contributed by atoms with van der Waals surface area (Å²) >= 11 is 3.53. The van der Waals surface area contributed by atoms with Crippen LogP contribution in [0.3, 0.4) is 0 Å². The summed E-state index contributed by atoms with van der Waals surface area (Å²) in [6.07, 6.45) is 0. The Morgan fingerprint density at radius 2 is 2.19 bits per heavy atom. The Balaban J connectivity index is 2.54. The SMILES string of the molecule is CNCc1nc2cc(C(C)C)cc(Br)c2o1. The van der Waals surface area contributed by atoms with Gasteiger partial charge >= 0.3 is 0 Å². The zero-order valence-corrected chi connectivity index (χ0v) is 11.3. The number of nitrogens with zero attached hydrogens (tertiary/aromatic N) is 1. The second-order valence-corrected chi connectivity index (χ2v) is 5.00. The second-order valence-electron chi connectivity index (χ2n) is 4.14. The smallest absolute Gasteiger partial charge is 0.209 e. The third-order valence-electron chi connectivity index (χ3n) is 2.51. The van der Waals surface area contributed by atoms with E-state index in [4.69, 9.17) is 4.42 Å². The van der Waals surface area contributed by atoms with E-state index in [0.29, 0.717) is 12.5 Å². The van der Waals surface area contributed by atoms with Crippen LogP contribution in [0.5, 0.6) is 0 Å². The van der Waals surface area contributed by atoms with Crippen LogP contribution in [-0.2, 0) is 6.54 Å². The molecule has 0 bridgehead atoms. The molecule has 4 heteroatoms. The molecule has 86 valence electrons. The monoisotopic (exact) mass is 282 g/mol. The van der Waals surface area contributed by atoms with Gasteiger partial charge in [0.2, 0.25) is 5.89 Å². The molecule has 2 rings (SSSR count). The Hall–Kier alpha value is -0.870. The maximum Gasteiger partial charge on any atom is 0.209 e. The maximum atomic E-state index is 5.65. The summed E-state index contributed by atoms with van der Waals surface area (Å²) in [5, 5.41) is 3.03. The van der Waals surface area contributed by atoms with E-state index in [1.165, 1.54) is 5.56 Å². The molecule has 0 atom stereocenters. The van der Waals surface area contributed by atoms with Crippen molar-refractivity contribution in [3.8, 4) is 0 Å². The molecule has 0 radical (unpaired) electrons. The summed E-state index contributed by atoms with van der Waals surface area (Å²) in [7, 11) is 1.88. The van der Waals surface area contributed by atoms with E-state index >= 15 is 0 Å². The van der Waals surface area contributed by atoms with E-state index in [9.17, 15) is 0 Å². The number of oxazole rings is 1. The van der Waals surface area contributed by atoms with Crippen LogP contribution in [0.25, 0.3) is 11.1 Å². The molecular weight excluding hydrogens is 268 g/mol. The predicted octanol–water partition coefficient (Wildman–Crippen LogP) is 3.43. The van der Waals surface area contributed by atoms with E-state index in [-0.39, 0.29) is 0 Å². The van der Waals surface area contributed by atoms with Gasteiger partial charge < -0.3 is 9.73 Å². The standard InChI is InChI=1S/C12H15BrN2O/c1-7(2)8-4-9(13)12-10(5-8)15-11(16-12)6-14-3/h4-5,7,14H,6H2,1-3H3.